The Morgan fingerprint density at radius 3 is 2.29 bits per heavy atom. The van der Waals surface area contributed by atoms with Crippen LogP contribution in [0, 0.1) is 11.6 Å². The normalized spacial score (nSPS) is 10.5. The van der Waals surface area contributed by atoms with Crippen molar-refractivity contribution in [2.24, 2.45) is 0 Å². The summed E-state index contributed by atoms with van der Waals surface area (Å²) in [4.78, 5) is 13.5. The fourth-order valence-corrected chi connectivity index (χ4v) is 2.70. The van der Waals surface area contributed by atoms with Gasteiger partial charge in [-0.2, -0.15) is 0 Å². The van der Waals surface area contributed by atoms with Gasteiger partial charge in [0.2, 0.25) is 0 Å². The first-order valence-corrected chi connectivity index (χ1v) is 7.62. The zero-order chi connectivity index (χ0) is 15.6. The van der Waals surface area contributed by atoms with Crippen LogP contribution in [-0.2, 0) is 6.54 Å². The van der Waals surface area contributed by atoms with Gasteiger partial charge in [0.1, 0.15) is 17.2 Å². The second-order valence-electron chi connectivity index (χ2n) is 4.50. The molecule has 21 heavy (non-hydrogen) atoms. The Labute approximate surface area is 138 Å². The van der Waals surface area contributed by atoms with E-state index in [1.807, 2.05) is 24.3 Å². The van der Waals surface area contributed by atoms with Crippen molar-refractivity contribution in [1.29, 1.82) is 0 Å². The lowest BCUT2D eigenvalue weighted by atomic mass is 10.1. The van der Waals surface area contributed by atoms with Crippen LogP contribution >= 0.6 is 31.9 Å². The highest BCUT2D eigenvalue weighted by molar-refractivity contribution is 9.10. The zero-order valence-corrected chi connectivity index (χ0v) is 14.2. The Kier molecular flexibility index (Phi) is 5.11. The number of amides is 1. The molecule has 0 radical (unpaired) electrons. The molecule has 2 aromatic carbocycles. The molecule has 0 heterocycles. The summed E-state index contributed by atoms with van der Waals surface area (Å²) in [7, 11) is 1.50. The lowest BCUT2D eigenvalue weighted by Crippen LogP contribution is -2.28. The maximum atomic E-state index is 13.8. The molecule has 0 saturated heterocycles. The largest absolute Gasteiger partial charge is 0.337 e. The summed E-state index contributed by atoms with van der Waals surface area (Å²) in [6.07, 6.45) is 0. The van der Waals surface area contributed by atoms with Gasteiger partial charge in [-0.25, -0.2) is 8.78 Å². The lowest BCUT2D eigenvalue weighted by molar-refractivity contribution is 0.0775. The van der Waals surface area contributed by atoms with Gasteiger partial charge < -0.3 is 4.90 Å². The maximum absolute atomic E-state index is 13.8. The average Bonchev–Trinajstić information content (AvgIpc) is 2.40. The van der Waals surface area contributed by atoms with Gasteiger partial charge >= 0.3 is 0 Å². The number of carbonyl (C=O) groups is 1. The molecule has 0 atom stereocenters. The Morgan fingerprint density at radius 1 is 1.14 bits per heavy atom. The molecule has 6 heteroatoms. The molecule has 2 aromatic rings. The minimum Gasteiger partial charge on any atom is -0.337 e. The molecule has 0 saturated carbocycles. The monoisotopic (exact) mass is 417 g/mol. The topological polar surface area (TPSA) is 20.3 Å². The molecule has 0 aromatic heterocycles. The smallest absolute Gasteiger partial charge is 0.259 e. The Bertz CT molecular complexity index is 668. The summed E-state index contributed by atoms with van der Waals surface area (Å²) >= 11 is 6.36. The Balaban J connectivity index is 2.26. The minimum atomic E-state index is -0.883. The molecule has 0 bridgehead atoms. The van der Waals surface area contributed by atoms with Crippen LogP contribution in [-0.4, -0.2) is 17.9 Å². The van der Waals surface area contributed by atoms with E-state index in [4.69, 9.17) is 0 Å². The number of halogens is 4. The fraction of sp³-hybridized carbons (Fsp3) is 0.133. The van der Waals surface area contributed by atoms with Gasteiger partial charge in [0.05, 0.1) is 0 Å². The molecule has 2 nitrogen and oxygen atoms in total. The number of hydrogen-bond donors (Lipinski definition) is 0. The number of benzene rings is 2. The van der Waals surface area contributed by atoms with E-state index >= 15 is 0 Å². The molecule has 110 valence electrons. The van der Waals surface area contributed by atoms with E-state index in [1.165, 1.54) is 11.9 Å². The summed E-state index contributed by atoms with van der Waals surface area (Å²) in [5, 5.41) is 0. The standard InChI is InChI=1S/C15H11Br2F2NO/c1-20(8-9-4-2-3-5-11(9)17)15(21)14-12(18)6-10(16)7-13(14)19/h2-7H,8H2,1H3. The molecule has 1 amide bonds. The van der Waals surface area contributed by atoms with Crippen molar-refractivity contribution < 1.29 is 13.6 Å². The Hall–Kier alpha value is -1.27. The van der Waals surface area contributed by atoms with Crippen molar-refractivity contribution >= 4 is 37.8 Å². The third-order valence-corrected chi connectivity index (χ3v) is 4.16. The molecule has 0 N–H and O–H groups in total. The van der Waals surface area contributed by atoms with Crippen molar-refractivity contribution in [1.82, 2.24) is 4.90 Å². The average molecular weight is 419 g/mol. The van der Waals surface area contributed by atoms with Crippen molar-refractivity contribution in [2.75, 3.05) is 7.05 Å². The second-order valence-corrected chi connectivity index (χ2v) is 6.27. The van der Waals surface area contributed by atoms with E-state index in [0.29, 0.717) is 0 Å². The zero-order valence-electron chi connectivity index (χ0n) is 11.0. The molecule has 0 aliphatic rings. The molecular formula is C15H11Br2F2NO. The van der Waals surface area contributed by atoms with Crippen LogP contribution in [0.15, 0.2) is 45.3 Å². The Morgan fingerprint density at radius 2 is 1.71 bits per heavy atom. The summed E-state index contributed by atoms with van der Waals surface area (Å²) < 4.78 is 28.7. The van der Waals surface area contributed by atoms with Crippen LogP contribution in [0.25, 0.3) is 0 Å². The van der Waals surface area contributed by atoms with Gasteiger partial charge in [-0.05, 0) is 23.8 Å². The molecule has 0 fully saturated rings. The van der Waals surface area contributed by atoms with Crippen molar-refractivity contribution in [3.05, 3.63) is 68.1 Å². The van der Waals surface area contributed by atoms with Crippen molar-refractivity contribution in [2.45, 2.75) is 6.54 Å². The summed E-state index contributed by atoms with van der Waals surface area (Å²) in [6, 6.07) is 9.50. The highest BCUT2D eigenvalue weighted by atomic mass is 79.9. The number of nitrogens with zero attached hydrogens (tertiary/aromatic N) is 1. The van der Waals surface area contributed by atoms with Gasteiger partial charge in [0.15, 0.2) is 0 Å². The molecular weight excluding hydrogens is 408 g/mol. The quantitative estimate of drug-likeness (QED) is 0.703. The van der Waals surface area contributed by atoms with Crippen molar-refractivity contribution in [3.63, 3.8) is 0 Å². The number of hydrogen-bond acceptors (Lipinski definition) is 1. The van der Waals surface area contributed by atoms with Gasteiger partial charge in [0.25, 0.3) is 5.91 Å². The molecule has 0 aliphatic heterocycles. The van der Waals surface area contributed by atoms with E-state index in [2.05, 4.69) is 31.9 Å². The maximum Gasteiger partial charge on any atom is 0.259 e. The van der Waals surface area contributed by atoms with E-state index in [-0.39, 0.29) is 11.0 Å². The van der Waals surface area contributed by atoms with Crippen LogP contribution in [0.2, 0.25) is 0 Å². The van der Waals surface area contributed by atoms with Crippen LogP contribution in [0.3, 0.4) is 0 Å². The predicted molar refractivity (Wildman–Crippen MR) is 84.0 cm³/mol. The third kappa shape index (κ3) is 3.68. The van der Waals surface area contributed by atoms with Gasteiger partial charge in [-0.3, -0.25) is 4.79 Å². The minimum absolute atomic E-state index is 0.245. The van der Waals surface area contributed by atoms with Crippen LogP contribution in [0.4, 0.5) is 8.78 Å². The number of carbonyl (C=O) groups excluding carboxylic acids is 1. The molecule has 0 aliphatic carbocycles. The lowest BCUT2D eigenvalue weighted by Gasteiger charge is -2.19. The van der Waals surface area contributed by atoms with E-state index in [1.54, 1.807) is 0 Å². The first-order valence-electron chi connectivity index (χ1n) is 6.03. The molecule has 0 spiro atoms. The van der Waals surface area contributed by atoms with Gasteiger partial charge in [-0.15, -0.1) is 0 Å². The van der Waals surface area contributed by atoms with E-state index < -0.39 is 23.1 Å². The van der Waals surface area contributed by atoms with Gasteiger partial charge in [0, 0.05) is 22.5 Å². The van der Waals surface area contributed by atoms with E-state index in [9.17, 15) is 13.6 Å². The molecule has 0 unspecified atom stereocenters. The van der Waals surface area contributed by atoms with E-state index in [0.717, 1.165) is 22.2 Å². The summed E-state index contributed by atoms with van der Waals surface area (Å²) in [5.74, 6) is -2.47. The van der Waals surface area contributed by atoms with Crippen LogP contribution in [0.5, 0.6) is 0 Å². The third-order valence-electron chi connectivity index (χ3n) is 2.93. The highest BCUT2D eigenvalue weighted by Crippen LogP contribution is 2.22. The number of rotatable bonds is 3. The fourth-order valence-electron chi connectivity index (χ4n) is 1.89. The second kappa shape index (κ2) is 6.66. The van der Waals surface area contributed by atoms with Crippen molar-refractivity contribution in [3.8, 4) is 0 Å². The highest BCUT2D eigenvalue weighted by Gasteiger charge is 2.22. The van der Waals surface area contributed by atoms with Crippen LogP contribution < -0.4 is 0 Å². The summed E-state index contributed by atoms with van der Waals surface area (Å²) in [5.41, 5.74) is 0.305. The predicted octanol–water partition coefficient (Wildman–Crippen LogP) is 4.76. The SMILES string of the molecule is CN(Cc1ccccc1Br)C(=O)c1c(F)cc(Br)cc1F. The first-order chi connectivity index (χ1) is 9.90. The first kappa shape index (κ1) is 16.1. The summed E-state index contributed by atoms with van der Waals surface area (Å²) in [6.45, 7) is 0.245. The molecule has 2 rings (SSSR count). The van der Waals surface area contributed by atoms with Crippen LogP contribution in [0.1, 0.15) is 15.9 Å². The van der Waals surface area contributed by atoms with Gasteiger partial charge in [-0.1, -0.05) is 50.1 Å².